The van der Waals surface area contributed by atoms with Crippen LogP contribution in [0, 0.1) is 11.8 Å². The van der Waals surface area contributed by atoms with Gasteiger partial charge in [-0.3, -0.25) is 14.7 Å². The first kappa shape index (κ1) is 20.7. The van der Waals surface area contributed by atoms with Crippen LogP contribution in [0.2, 0.25) is 0 Å². The molecule has 164 valence electrons. The van der Waals surface area contributed by atoms with Crippen LogP contribution in [0.3, 0.4) is 0 Å². The molecule has 0 radical (unpaired) electrons. The molecule has 4 heterocycles. The van der Waals surface area contributed by atoms with E-state index < -0.39 is 0 Å². The topological polar surface area (TPSA) is 54.5 Å². The lowest BCUT2D eigenvalue weighted by atomic mass is 9.73. The molecule has 1 amide bonds. The molecule has 0 saturated carbocycles. The summed E-state index contributed by atoms with van der Waals surface area (Å²) in [5, 5.41) is 4.41. The third-order valence-electron chi connectivity index (χ3n) is 7.18. The Morgan fingerprint density at radius 1 is 1.25 bits per heavy atom. The van der Waals surface area contributed by atoms with Crippen LogP contribution in [0.15, 0.2) is 73.4 Å². The van der Waals surface area contributed by atoms with Gasteiger partial charge in [-0.05, 0) is 73.2 Å². The Morgan fingerprint density at radius 3 is 2.81 bits per heavy atom. The standard InChI is InChI=1S/C27H29N3O2/c1-3-18-17-30-14-12-20(18)15-25(30)26(29-27(31)19-7-5-4-6-8-19)22-11-13-28-24-10-9-21(32-2)16-23(22)24/h3-11,13,16,18,20,25-26H,1,12,14-15,17H2,2H3,(H,29,31)/t18?,20?,25-,26-/m0/s1. The van der Waals surface area contributed by atoms with E-state index in [0.717, 1.165) is 41.7 Å². The normalized spacial score (nSPS) is 25.3. The molecule has 3 unspecified atom stereocenters. The molecule has 5 heteroatoms. The van der Waals surface area contributed by atoms with E-state index >= 15 is 0 Å². The lowest BCUT2D eigenvalue weighted by molar-refractivity contribution is 0.00170. The van der Waals surface area contributed by atoms with Gasteiger partial charge in [0.05, 0.1) is 18.7 Å². The van der Waals surface area contributed by atoms with Gasteiger partial charge in [0.15, 0.2) is 0 Å². The molecule has 5 nitrogen and oxygen atoms in total. The Kier molecular flexibility index (Phi) is 5.66. The lowest BCUT2D eigenvalue weighted by Gasteiger charge is -2.51. The zero-order valence-corrected chi connectivity index (χ0v) is 18.4. The second kappa shape index (κ2) is 8.75. The van der Waals surface area contributed by atoms with Gasteiger partial charge >= 0.3 is 0 Å². The van der Waals surface area contributed by atoms with Crippen molar-refractivity contribution >= 4 is 16.8 Å². The first-order chi connectivity index (χ1) is 15.7. The maximum absolute atomic E-state index is 13.3. The number of aromatic nitrogens is 1. The van der Waals surface area contributed by atoms with Crippen LogP contribution in [0.4, 0.5) is 0 Å². The highest BCUT2D eigenvalue weighted by Crippen LogP contribution is 2.42. The number of benzene rings is 2. The van der Waals surface area contributed by atoms with Crippen molar-refractivity contribution in [2.45, 2.75) is 24.9 Å². The van der Waals surface area contributed by atoms with Gasteiger partial charge < -0.3 is 10.1 Å². The molecule has 3 aliphatic heterocycles. The molecule has 5 atom stereocenters. The van der Waals surface area contributed by atoms with Crippen molar-refractivity contribution in [2.75, 3.05) is 20.2 Å². The molecular weight excluding hydrogens is 398 g/mol. The molecule has 6 rings (SSSR count). The number of methoxy groups -OCH3 is 1. The van der Waals surface area contributed by atoms with Gasteiger partial charge in [-0.2, -0.15) is 0 Å². The number of carbonyl (C=O) groups excluding carboxylic acids is 1. The molecule has 1 N–H and O–H groups in total. The second-order valence-electron chi connectivity index (χ2n) is 8.85. The summed E-state index contributed by atoms with van der Waals surface area (Å²) in [5.41, 5.74) is 2.67. The summed E-state index contributed by atoms with van der Waals surface area (Å²) < 4.78 is 5.49. The summed E-state index contributed by atoms with van der Waals surface area (Å²) in [6.07, 6.45) is 6.19. The fourth-order valence-corrected chi connectivity index (χ4v) is 5.46. The molecule has 1 aromatic heterocycles. The molecule has 3 aromatic rings. The highest BCUT2D eigenvalue weighted by molar-refractivity contribution is 5.95. The number of nitrogens with zero attached hydrogens (tertiary/aromatic N) is 2. The minimum Gasteiger partial charge on any atom is -0.497 e. The summed E-state index contributed by atoms with van der Waals surface area (Å²) in [4.78, 5) is 20.4. The SMILES string of the molecule is C=CC1CN2CCC1C[C@H]2[C@@H](NC(=O)c1ccccc1)c1ccnc2ccc(OC)cc12. The van der Waals surface area contributed by atoms with E-state index in [1.165, 1.54) is 6.42 Å². The number of pyridine rings is 1. The number of hydrogen-bond acceptors (Lipinski definition) is 4. The molecule has 32 heavy (non-hydrogen) atoms. The molecular formula is C27H29N3O2. The fourth-order valence-electron chi connectivity index (χ4n) is 5.46. The third kappa shape index (κ3) is 3.78. The summed E-state index contributed by atoms with van der Waals surface area (Å²) in [7, 11) is 1.67. The predicted molar refractivity (Wildman–Crippen MR) is 127 cm³/mol. The van der Waals surface area contributed by atoms with Crippen LogP contribution in [0.5, 0.6) is 5.75 Å². The van der Waals surface area contributed by atoms with Crippen LogP contribution in [0.25, 0.3) is 10.9 Å². The zero-order chi connectivity index (χ0) is 22.1. The largest absolute Gasteiger partial charge is 0.497 e. The Morgan fingerprint density at radius 2 is 2.09 bits per heavy atom. The van der Waals surface area contributed by atoms with Gasteiger partial charge in [0.25, 0.3) is 5.91 Å². The maximum Gasteiger partial charge on any atom is 0.251 e. The first-order valence-electron chi connectivity index (χ1n) is 11.3. The number of nitrogens with one attached hydrogen (secondary N) is 1. The van der Waals surface area contributed by atoms with E-state index in [9.17, 15) is 4.79 Å². The van der Waals surface area contributed by atoms with Crippen LogP contribution in [-0.2, 0) is 0 Å². The van der Waals surface area contributed by atoms with E-state index in [1.54, 1.807) is 7.11 Å². The number of piperidine rings is 3. The molecule has 3 fully saturated rings. The molecule has 2 bridgehead atoms. The van der Waals surface area contributed by atoms with Crippen molar-refractivity contribution in [3.8, 4) is 5.75 Å². The van der Waals surface area contributed by atoms with Gasteiger partial charge in [0.1, 0.15) is 5.75 Å². The van der Waals surface area contributed by atoms with Crippen LogP contribution in [-0.4, -0.2) is 42.0 Å². The number of fused-ring (bicyclic) bond motifs is 4. The molecule has 2 aromatic carbocycles. The average Bonchev–Trinajstić information content (AvgIpc) is 2.87. The Balaban J connectivity index is 1.57. The number of amides is 1. The van der Waals surface area contributed by atoms with Gasteiger partial charge in [-0.1, -0.05) is 24.3 Å². The fraction of sp³-hybridized carbons (Fsp3) is 0.333. The van der Waals surface area contributed by atoms with Gasteiger partial charge in [-0.15, -0.1) is 6.58 Å². The minimum atomic E-state index is -0.145. The van der Waals surface area contributed by atoms with Gasteiger partial charge in [0.2, 0.25) is 0 Å². The van der Waals surface area contributed by atoms with Crippen molar-refractivity contribution < 1.29 is 9.53 Å². The smallest absolute Gasteiger partial charge is 0.251 e. The van der Waals surface area contributed by atoms with E-state index in [0.29, 0.717) is 17.4 Å². The van der Waals surface area contributed by atoms with Crippen LogP contribution >= 0.6 is 0 Å². The maximum atomic E-state index is 13.3. The molecule has 0 aliphatic carbocycles. The number of rotatable bonds is 6. The van der Waals surface area contributed by atoms with Crippen molar-refractivity contribution in [1.29, 1.82) is 0 Å². The van der Waals surface area contributed by atoms with Crippen LogP contribution in [0.1, 0.15) is 34.8 Å². The summed E-state index contributed by atoms with van der Waals surface area (Å²) in [5.74, 6) is 1.88. The van der Waals surface area contributed by atoms with E-state index in [4.69, 9.17) is 4.74 Å². The Bertz CT molecular complexity index is 1130. The zero-order valence-electron chi connectivity index (χ0n) is 18.4. The lowest BCUT2D eigenvalue weighted by Crippen LogP contribution is -2.57. The molecule has 3 aliphatic rings. The number of ether oxygens (including phenoxy) is 1. The predicted octanol–water partition coefficient (Wildman–Crippen LogP) is 4.61. The highest BCUT2D eigenvalue weighted by atomic mass is 16.5. The number of hydrogen-bond donors (Lipinski definition) is 1. The van der Waals surface area contributed by atoms with E-state index in [2.05, 4.69) is 27.9 Å². The Hall–Kier alpha value is -3.18. The van der Waals surface area contributed by atoms with Crippen molar-refractivity contribution in [3.05, 3.63) is 84.6 Å². The number of carbonyl (C=O) groups is 1. The Labute approximate surface area is 189 Å². The third-order valence-corrected chi connectivity index (χ3v) is 7.18. The van der Waals surface area contributed by atoms with Crippen molar-refractivity contribution in [2.24, 2.45) is 11.8 Å². The van der Waals surface area contributed by atoms with Gasteiger partial charge in [-0.25, -0.2) is 0 Å². The average molecular weight is 428 g/mol. The van der Waals surface area contributed by atoms with Gasteiger partial charge in [0, 0.05) is 29.7 Å². The minimum absolute atomic E-state index is 0.0497. The van der Waals surface area contributed by atoms with E-state index in [-0.39, 0.29) is 18.0 Å². The quantitative estimate of drug-likeness (QED) is 0.584. The second-order valence-corrected chi connectivity index (χ2v) is 8.85. The summed E-state index contributed by atoms with van der Waals surface area (Å²) in [6.45, 7) is 6.12. The van der Waals surface area contributed by atoms with E-state index in [1.807, 2.05) is 60.8 Å². The van der Waals surface area contributed by atoms with Crippen LogP contribution < -0.4 is 10.1 Å². The van der Waals surface area contributed by atoms with Crippen molar-refractivity contribution in [3.63, 3.8) is 0 Å². The summed E-state index contributed by atoms with van der Waals surface area (Å²) >= 11 is 0. The van der Waals surface area contributed by atoms with Crippen molar-refractivity contribution in [1.82, 2.24) is 15.2 Å². The molecule has 0 spiro atoms. The monoisotopic (exact) mass is 427 g/mol. The highest BCUT2D eigenvalue weighted by Gasteiger charge is 2.43. The molecule has 3 saturated heterocycles. The summed E-state index contributed by atoms with van der Waals surface area (Å²) in [6, 6.07) is 17.5. The first-order valence-corrected chi connectivity index (χ1v) is 11.3.